The lowest BCUT2D eigenvalue weighted by molar-refractivity contribution is -0.125. The zero-order valence-corrected chi connectivity index (χ0v) is 13.5. The summed E-state index contributed by atoms with van der Waals surface area (Å²) in [5.74, 6) is 0.481. The molecule has 0 aromatic heterocycles. The molecule has 0 bridgehead atoms. The lowest BCUT2D eigenvalue weighted by atomic mass is 10.1. The fourth-order valence-corrected chi connectivity index (χ4v) is 3.77. The number of nitrogens with one attached hydrogen (secondary N) is 1. The number of benzene rings is 1. The molecule has 1 unspecified atom stereocenters. The van der Waals surface area contributed by atoms with Crippen molar-refractivity contribution >= 4 is 5.91 Å². The monoisotopic (exact) mass is 300 g/mol. The lowest BCUT2D eigenvalue weighted by Crippen LogP contribution is -2.39. The van der Waals surface area contributed by atoms with Gasteiger partial charge in [0, 0.05) is 19.1 Å². The maximum absolute atomic E-state index is 12.5. The minimum atomic E-state index is 0.187. The second-order valence-electron chi connectivity index (χ2n) is 6.90. The molecule has 1 aromatic carbocycles. The van der Waals surface area contributed by atoms with E-state index in [9.17, 15) is 4.79 Å². The first-order chi connectivity index (χ1) is 10.8. The van der Waals surface area contributed by atoms with Gasteiger partial charge in [0.25, 0.3) is 0 Å². The summed E-state index contributed by atoms with van der Waals surface area (Å²) in [6, 6.07) is 11.0. The van der Waals surface area contributed by atoms with E-state index in [0.29, 0.717) is 11.9 Å². The Morgan fingerprint density at radius 3 is 2.50 bits per heavy atom. The van der Waals surface area contributed by atoms with Gasteiger partial charge < -0.3 is 5.32 Å². The maximum atomic E-state index is 12.5. The van der Waals surface area contributed by atoms with Crippen molar-refractivity contribution in [1.29, 1.82) is 0 Å². The number of carbonyl (C=O) groups excluding carboxylic acids is 1. The summed E-state index contributed by atoms with van der Waals surface area (Å²) in [6.45, 7) is 2.92. The van der Waals surface area contributed by atoms with Gasteiger partial charge in [-0.25, -0.2) is 0 Å². The number of likely N-dealkylation sites (tertiary alicyclic amines) is 1. The van der Waals surface area contributed by atoms with Gasteiger partial charge in [-0.2, -0.15) is 0 Å². The van der Waals surface area contributed by atoms with Crippen molar-refractivity contribution in [3.05, 3.63) is 35.9 Å². The first-order valence-corrected chi connectivity index (χ1v) is 8.88. The van der Waals surface area contributed by atoms with Gasteiger partial charge in [0.2, 0.25) is 5.91 Å². The van der Waals surface area contributed by atoms with Crippen LogP contribution in [0.5, 0.6) is 0 Å². The largest absolute Gasteiger partial charge is 0.353 e. The number of amides is 1. The molecule has 3 rings (SSSR count). The summed E-state index contributed by atoms with van der Waals surface area (Å²) in [7, 11) is 0. The van der Waals surface area contributed by atoms with Crippen LogP contribution >= 0.6 is 0 Å². The minimum absolute atomic E-state index is 0.187. The fourth-order valence-electron chi connectivity index (χ4n) is 3.77. The molecule has 2 aliphatic rings. The molecule has 1 saturated carbocycles. The highest BCUT2D eigenvalue weighted by atomic mass is 16.2. The van der Waals surface area contributed by atoms with Gasteiger partial charge in [0.1, 0.15) is 0 Å². The molecular formula is C19H28N2O. The van der Waals surface area contributed by atoms with E-state index in [2.05, 4.69) is 40.5 Å². The van der Waals surface area contributed by atoms with Crippen molar-refractivity contribution in [2.24, 2.45) is 5.92 Å². The van der Waals surface area contributed by atoms with Crippen molar-refractivity contribution in [2.75, 3.05) is 13.1 Å². The Bertz CT molecular complexity index is 466. The normalized spacial score (nSPS) is 24.1. The van der Waals surface area contributed by atoms with E-state index in [1.165, 1.54) is 44.1 Å². The van der Waals surface area contributed by atoms with Crippen LogP contribution < -0.4 is 5.32 Å². The second-order valence-corrected chi connectivity index (χ2v) is 6.90. The summed E-state index contributed by atoms with van der Waals surface area (Å²) < 4.78 is 0. The first-order valence-electron chi connectivity index (χ1n) is 8.88. The third-order valence-electron chi connectivity index (χ3n) is 5.09. The van der Waals surface area contributed by atoms with Crippen LogP contribution in [-0.4, -0.2) is 29.9 Å². The molecule has 0 spiro atoms. The van der Waals surface area contributed by atoms with E-state index < -0.39 is 0 Å². The van der Waals surface area contributed by atoms with E-state index in [4.69, 9.17) is 0 Å². The highest BCUT2D eigenvalue weighted by Crippen LogP contribution is 2.21. The first kappa shape index (κ1) is 15.5. The average Bonchev–Trinajstić information content (AvgIpc) is 2.85. The molecule has 1 amide bonds. The smallest absolute Gasteiger partial charge is 0.224 e. The predicted octanol–water partition coefficient (Wildman–Crippen LogP) is 3.35. The van der Waals surface area contributed by atoms with Gasteiger partial charge in [-0.15, -0.1) is 0 Å². The van der Waals surface area contributed by atoms with E-state index in [0.717, 1.165) is 26.1 Å². The van der Waals surface area contributed by atoms with Crippen molar-refractivity contribution in [1.82, 2.24) is 10.2 Å². The molecule has 1 N–H and O–H groups in total. The molecule has 0 radical (unpaired) electrons. The summed E-state index contributed by atoms with van der Waals surface area (Å²) in [4.78, 5) is 14.9. The number of rotatable bonds is 4. The average molecular weight is 300 g/mol. The Morgan fingerprint density at radius 2 is 1.77 bits per heavy atom. The molecule has 1 saturated heterocycles. The highest BCUT2D eigenvalue weighted by Gasteiger charge is 2.29. The fraction of sp³-hybridized carbons (Fsp3) is 0.632. The minimum Gasteiger partial charge on any atom is -0.353 e. The molecule has 1 aliphatic carbocycles. The Hall–Kier alpha value is -1.35. The Labute approximate surface area is 134 Å². The molecule has 120 valence electrons. The molecule has 3 heteroatoms. The van der Waals surface area contributed by atoms with Crippen LogP contribution in [0.2, 0.25) is 0 Å². The number of nitrogens with zero attached hydrogens (tertiary/aromatic N) is 1. The topological polar surface area (TPSA) is 32.3 Å². The molecular weight excluding hydrogens is 272 g/mol. The Morgan fingerprint density at radius 1 is 1.05 bits per heavy atom. The van der Waals surface area contributed by atoms with Crippen molar-refractivity contribution in [3.8, 4) is 0 Å². The molecule has 3 nitrogen and oxygen atoms in total. The third-order valence-corrected chi connectivity index (χ3v) is 5.09. The van der Waals surface area contributed by atoms with Crippen LogP contribution in [-0.2, 0) is 11.3 Å². The summed E-state index contributed by atoms with van der Waals surface area (Å²) >= 11 is 0. The van der Waals surface area contributed by atoms with Crippen molar-refractivity contribution in [3.63, 3.8) is 0 Å². The molecule has 1 atom stereocenters. The zero-order chi connectivity index (χ0) is 15.2. The Kier molecular flexibility index (Phi) is 5.49. The van der Waals surface area contributed by atoms with Gasteiger partial charge in [0.05, 0.1) is 5.92 Å². The summed E-state index contributed by atoms with van der Waals surface area (Å²) in [5.41, 5.74) is 1.34. The number of hydrogen-bond donors (Lipinski definition) is 1. The van der Waals surface area contributed by atoms with Gasteiger partial charge >= 0.3 is 0 Å². The van der Waals surface area contributed by atoms with Crippen LogP contribution in [0.4, 0.5) is 0 Å². The Balaban J connectivity index is 1.46. The van der Waals surface area contributed by atoms with Crippen LogP contribution in [0.1, 0.15) is 50.5 Å². The van der Waals surface area contributed by atoms with E-state index >= 15 is 0 Å². The second kappa shape index (κ2) is 7.77. The van der Waals surface area contributed by atoms with Gasteiger partial charge in [-0.1, -0.05) is 56.0 Å². The zero-order valence-electron chi connectivity index (χ0n) is 13.5. The van der Waals surface area contributed by atoms with Crippen LogP contribution in [0, 0.1) is 5.92 Å². The van der Waals surface area contributed by atoms with Crippen LogP contribution in [0.3, 0.4) is 0 Å². The molecule has 1 heterocycles. The molecule has 22 heavy (non-hydrogen) atoms. The quantitative estimate of drug-likeness (QED) is 0.865. The molecule has 1 aromatic rings. The van der Waals surface area contributed by atoms with Gasteiger partial charge in [0.15, 0.2) is 0 Å². The van der Waals surface area contributed by atoms with Crippen molar-refractivity contribution in [2.45, 2.75) is 57.5 Å². The van der Waals surface area contributed by atoms with E-state index in [1.807, 2.05) is 0 Å². The van der Waals surface area contributed by atoms with Gasteiger partial charge in [-0.3, -0.25) is 9.69 Å². The van der Waals surface area contributed by atoms with E-state index in [1.54, 1.807) is 0 Å². The maximum Gasteiger partial charge on any atom is 0.224 e. The predicted molar refractivity (Wildman–Crippen MR) is 89.5 cm³/mol. The summed E-state index contributed by atoms with van der Waals surface area (Å²) in [5, 5.41) is 3.32. The number of carbonyl (C=O) groups is 1. The highest BCUT2D eigenvalue weighted by molar-refractivity contribution is 5.79. The van der Waals surface area contributed by atoms with Crippen molar-refractivity contribution < 1.29 is 4.79 Å². The SMILES string of the molecule is O=C(NC1CCCCCC1)C1CCN(Cc2ccccc2)C1. The van der Waals surface area contributed by atoms with Crippen LogP contribution in [0.15, 0.2) is 30.3 Å². The number of hydrogen-bond acceptors (Lipinski definition) is 2. The lowest BCUT2D eigenvalue weighted by Gasteiger charge is -2.20. The third kappa shape index (κ3) is 4.33. The molecule has 1 aliphatic heterocycles. The van der Waals surface area contributed by atoms with E-state index in [-0.39, 0.29) is 5.92 Å². The van der Waals surface area contributed by atoms with Gasteiger partial charge in [-0.05, 0) is 31.4 Å². The van der Waals surface area contributed by atoms with Crippen LogP contribution in [0.25, 0.3) is 0 Å². The standard InChI is InChI=1S/C19H28N2O/c22-19(20-18-10-6-1-2-7-11-18)17-12-13-21(15-17)14-16-8-4-3-5-9-16/h3-5,8-9,17-18H,1-2,6-7,10-15H2,(H,20,22). The molecule has 2 fully saturated rings. The summed E-state index contributed by atoms with van der Waals surface area (Å²) in [6.07, 6.45) is 8.57.